The summed E-state index contributed by atoms with van der Waals surface area (Å²) < 4.78 is 0. The van der Waals surface area contributed by atoms with Crippen LogP contribution in [0.15, 0.2) is 60.7 Å². The van der Waals surface area contributed by atoms with Crippen LogP contribution in [0.3, 0.4) is 0 Å². The van der Waals surface area contributed by atoms with E-state index in [-0.39, 0.29) is 0 Å². The van der Waals surface area contributed by atoms with Crippen molar-refractivity contribution >= 4 is 67.9 Å². The predicted molar refractivity (Wildman–Crippen MR) is 235 cm³/mol. The summed E-state index contributed by atoms with van der Waals surface area (Å²) in [4.78, 5) is 0. The first-order chi connectivity index (χ1) is 21.1. The summed E-state index contributed by atoms with van der Waals surface area (Å²) in [5, 5.41) is 5.55. The Labute approximate surface area is 299 Å². The quantitative estimate of drug-likeness (QED) is 0.142. The fourth-order valence-electron chi connectivity index (χ4n) is 10.5. The van der Waals surface area contributed by atoms with Crippen LogP contribution in [0, 0.1) is 0 Å². The zero-order valence-electron chi connectivity index (χ0n) is 33.5. The highest BCUT2D eigenvalue weighted by Crippen LogP contribution is 2.44. The highest BCUT2D eigenvalue weighted by Gasteiger charge is 2.46. The molecule has 47 heavy (non-hydrogen) atoms. The first-order valence-corrected chi connectivity index (χ1v) is 40.6. The molecule has 0 saturated heterocycles. The van der Waals surface area contributed by atoms with Crippen molar-refractivity contribution in [3.63, 3.8) is 0 Å². The Morgan fingerprint density at radius 1 is 0.383 bits per heavy atom. The van der Waals surface area contributed by atoms with Crippen LogP contribution in [-0.4, -0.2) is 62.7 Å². The smallest absolute Gasteiger partial charge is 0.0693 e. The highest BCUT2D eigenvalue weighted by atomic mass is 28.4. The molecule has 7 heteroatoms. The van der Waals surface area contributed by atoms with Gasteiger partial charge in [-0.15, -0.1) is 0 Å². The van der Waals surface area contributed by atoms with Crippen molar-refractivity contribution in [2.45, 2.75) is 133 Å². The molecule has 3 aromatic carbocycles. The van der Waals surface area contributed by atoms with Crippen LogP contribution in [0.4, 0.5) is 0 Å². The molecule has 0 heterocycles. The molecule has 255 valence electrons. The van der Waals surface area contributed by atoms with E-state index in [0.29, 0.717) is 9.13 Å². The number of benzene rings is 3. The van der Waals surface area contributed by atoms with Crippen LogP contribution < -0.4 is 5.19 Å². The standard InChI is InChI=1S/C40H67Si7/c1-42(2,3)38(43(4,5)6)29-27-34(39(44(7,8)9)45(10,11)12)37(35(28-29)40(46(13,14)15)47(16,17)18)41-36-32-25-21-19-23-30(32)31-24-20-22-26-33(31)36/h19-28,38-40H,1-18H3. The van der Waals surface area contributed by atoms with Crippen molar-refractivity contribution in [2.24, 2.45) is 0 Å². The molecule has 0 spiro atoms. The van der Waals surface area contributed by atoms with Gasteiger partial charge in [-0.05, 0) is 64.8 Å². The summed E-state index contributed by atoms with van der Waals surface area (Å²) in [7, 11) is -8.69. The van der Waals surface area contributed by atoms with Crippen LogP contribution in [0.1, 0.15) is 43.3 Å². The third-order valence-corrected chi connectivity index (χ3v) is 39.8. The van der Waals surface area contributed by atoms with E-state index >= 15 is 0 Å². The summed E-state index contributed by atoms with van der Waals surface area (Å²) in [6, 6.07) is 24.3. The van der Waals surface area contributed by atoms with Crippen molar-refractivity contribution < 1.29 is 0 Å². The molecule has 0 N–H and O–H groups in total. The summed E-state index contributed by atoms with van der Waals surface area (Å²) in [6.45, 7) is 48.2. The second-order valence-electron chi connectivity index (χ2n) is 21.2. The van der Waals surface area contributed by atoms with Crippen molar-refractivity contribution in [1.29, 1.82) is 0 Å². The molecule has 0 nitrogen and oxygen atoms in total. The number of hydrogen-bond donors (Lipinski definition) is 0. The highest BCUT2D eigenvalue weighted by molar-refractivity contribution is 6.98. The van der Waals surface area contributed by atoms with E-state index in [1.165, 1.54) is 22.3 Å². The monoisotopic (exact) mass is 743 g/mol. The molecule has 4 rings (SSSR count). The molecule has 0 amide bonds. The fraction of sp³-hybridized carbons (Fsp3) is 0.525. The Morgan fingerprint density at radius 3 is 0.936 bits per heavy atom. The Morgan fingerprint density at radius 2 is 0.660 bits per heavy atom. The van der Waals surface area contributed by atoms with Gasteiger partial charge in [0.25, 0.3) is 0 Å². The van der Waals surface area contributed by atoms with E-state index < -0.39 is 48.4 Å². The van der Waals surface area contributed by atoms with E-state index in [9.17, 15) is 0 Å². The molecule has 1 radical (unpaired) electrons. The Hall–Kier alpha value is -0.952. The Bertz CT molecular complexity index is 1500. The lowest BCUT2D eigenvalue weighted by molar-refractivity contribution is 1.10. The zero-order valence-corrected chi connectivity index (χ0v) is 40.5. The van der Waals surface area contributed by atoms with Crippen LogP contribution in [-0.2, 0) is 0 Å². The van der Waals surface area contributed by atoms with Gasteiger partial charge in [0.1, 0.15) is 0 Å². The molecule has 1 aliphatic rings. The molecule has 1 aliphatic carbocycles. The predicted octanol–water partition coefficient (Wildman–Crippen LogP) is 11.8. The fourth-order valence-corrected chi connectivity index (χ4v) is 50.9. The van der Waals surface area contributed by atoms with E-state index in [1.54, 1.807) is 27.0 Å². The van der Waals surface area contributed by atoms with Gasteiger partial charge < -0.3 is 0 Å². The third-order valence-electron chi connectivity index (χ3n) is 10.3. The minimum absolute atomic E-state index is 0.683. The van der Waals surface area contributed by atoms with E-state index in [0.717, 1.165) is 15.5 Å². The van der Waals surface area contributed by atoms with Crippen LogP contribution in [0.25, 0.3) is 11.1 Å². The van der Waals surface area contributed by atoms with Crippen LogP contribution in [0.5, 0.6) is 0 Å². The number of fused-ring (bicyclic) bond motifs is 3. The molecule has 0 unspecified atom stereocenters. The van der Waals surface area contributed by atoms with Crippen molar-refractivity contribution in [3.05, 3.63) is 88.5 Å². The first kappa shape index (κ1) is 38.8. The van der Waals surface area contributed by atoms with Crippen molar-refractivity contribution in [2.75, 3.05) is 0 Å². The number of hydrogen-bond acceptors (Lipinski definition) is 0. The molecule has 0 saturated carbocycles. The topological polar surface area (TPSA) is 0 Å². The van der Waals surface area contributed by atoms with Crippen LogP contribution in [0.2, 0.25) is 118 Å². The van der Waals surface area contributed by atoms with Gasteiger partial charge in [-0.2, -0.15) is 0 Å². The van der Waals surface area contributed by atoms with Crippen molar-refractivity contribution in [1.82, 2.24) is 0 Å². The molecular weight excluding hydrogens is 677 g/mol. The average molecular weight is 745 g/mol. The lowest BCUT2D eigenvalue weighted by atomic mass is 10.1. The molecule has 0 bridgehead atoms. The summed E-state index contributed by atoms with van der Waals surface area (Å²) in [5.74, 6) is 0. The first-order valence-electron chi connectivity index (χ1n) is 18.2. The lowest BCUT2D eigenvalue weighted by Crippen LogP contribution is -2.53. The molecule has 3 aromatic rings. The van der Waals surface area contributed by atoms with Gasteiger partial charge in [-0.25, -0.2) is 0 Å². The van der Waals surface area contributed by atoms with E-state index in [1.807, 2.05) is 0 Å². The zero-order chi connectivity index (χ0) is 35.7. The molecule has 0 aliphatic heterocycles. The van der Waals surface area contributed by atoms with Gasteiger partial charge in [-0.1, -0.05) is 179 Å². The summed E-state index contributed by atoms with van der Waals surface area (Å²) in [5.41, 5.74) is 11.2. The largest absolute Gasteiger partial charge is 0.0710 e. The Balaban J connectivity index is 2.32. The SMILES string of the molecule is C[Si](C)(C)C(c1cc(C([Si](C)(C)C)[Si](C)(C)C)c([Si]=C2c3ccccc3-c3ccccc32)c(C([Si](C)(C)C)[Si](C)(C)C)c1)[Si](C)(C)C. The molecule has 0 fully saturated rings. The molecule has 0 aromatic heterocycles. The maximum absolute atomic E-state index is 2.88. The summed E-state index contributed by atoms with van der Waals surface area (Å²) >= 11 is 0. The normalized spacial score (nSPS) is 14.7. The van der Waals surface area contributed by atoms with E-state index in [4.69, 9.17) is 0 Å². The van der Waals surface area contributed by atoms with Gasteiger partial charge in [0.15, 0.2) is 0 Å². The van der Waals surface area contributed by atoms with Gasteiger partial charge in [-0.3, -0.25) is 0 Å². The van der Waals surface area contributed by atoms with Gasteiger partial charge >= 0.3 is 0 Å². The van der Waals surface area contributed by atoms with Gasteiger partial charge in [0.05, 0.1) is 9.13 Å². The minimum atomic E-state index is -1.59. The molecule has 0 atom stereocenters. The maximum Gasteiger partial charge on any atom is 0.0710 e. The lowest BCUT2D eigenvalue weighted by Gasteiger charge is -2.45. The second-order valence-corrected chi connectivity index (χ2v) is 56.0. The third kappa shape index (κ3) is 8.18. The average Bonchev–Trinajstić information content (AvgIpc) is 3.14. The second kappa shape index (κ2) is 13.0. The Kier molecular flexibility index (Phi) is 10.7. The van der Waals surface area contributed by atoms with Gasteiger partial charge in [0.2, 0.25) is 0 Å². The molecular formula is C40H67Si7. The van der Waals surface area contributed by atoms with Gasteiger partial charge in [0, 0.05) is 48.4 Å². The van der Waals surface area contributed by atoms with Crippen molar-refractivity contribution in [3.8, 4) is 11.1 Å². The van der Waals surface area contributed by atoms with Crippen LogP contribution >= 0.6 is 0 Å². The minimum Gasteiger partial charge on any atom is -0.0693 e. The van der Waals surface area contributed by atoms with E-state index in [2.05, 4.69) is 179 Å². The maximum atomic E-state index is 2.88. The number of rotatable bonds is 10. The summed E-state index contributed by atoms with van der Waals surface area (Å²) in [6.07, 6.45) is 0.